The first-order valence-corrected chi connectivity index (χ1v) is 3.85. The van der Waals surface area contributed by atoms with Gasteiger partial charge in [0, 0.05) is 6.92 Å². The van der Waals surface area contributed by atoms with Crippen molar-refractivity contribution in [3.63, 3.8) is 0 Å². The Labute approximate surface area is 70.9 Å². The van der Waals surface area contributed by atoms with E-state index < -0.39 is 12.0 Å². The van der Waals surface area contributed by atoms with E-state index in [9.17, 15) is 14.7 Å². The Balaban J connectivity index is 3.87. The SMILES string of the molecule is CC(=O)N[C@H](CCC[NH3+])C(=O)[O-]. The number of hydrogen-bond donors (Lipinski definition) is 2. The summed E-state index contributed by atoms with van der Waals surface area (Å²) in [5.74, 6) is -1.59. The van der Waals surface area contributed by atoms with Crippen LogP contribution in [0.1, 0.15) is 19.8 Å². The van der Waals surface area contributed by atoms with Crippen molar-refractivity contribution in [3.8, 4) is 0 Å². The van der Waals surface area contributed by atoms with Gasteiger partial charge in [-0.1, -0.05) is 0 Å². The van der Waals surface area contributed by atoms with Gasteiger partial charge in [-0.3, -0.25) is 4.79 Å². The Hall–Kier alpha value is -1.10. The highest BCUT2D eigenvalue weighted by Crippen LogP contribution is 1.93. The van der Waals surface area contributed by atoms with E-state index in [-0.39, 0.29) is 5.91 Å². The molecule has 4 N–H and O–H groups in total. The summed E-state index contributed by atoms with van der Waals surface area (Å²) in [4.78, 5) is 20.9. The average Bonchev–Trinajstić information content (AvgIpc) is 1.96. The van der Waals surface area contributed by atoms with Crippen molar-refractivity contribution >= 4 is 11.9 Å². The number of carbonyl (C=O) groups excluding carboxylic acids is 2. The van der Waals surface area contributed by atoms with Crippen LogP contribution in [0.5, 0.6) is 0 Å². The maximum Gasteiger partial charge on any atom is 0.217 e. The van der Waals surface area contributed by atoms with Crippen LogP contribution in [0, 0.1) is 0 Å². The largest absolute Gasteiger partial charge is 0.548 e. The van der Waals surface area contributed by atoms with E-state index in [0.717, 1.165) is 0 Å². The van der Waals surface area contributed by atoms with Gasteiger partial charge in [-0.05, 0) is 12.8 Å². The average molecular weight is 174 g/mol. The predicted molar refractivity (Wildman–Crippen MR) is 39.6 cm³/mol. The standard InChI is InChI=1S/C7H14N2O3/c1-5(10)9-6(7(11)12)3-2-4-8/h6H,2-4,8H2,1H3,(H,9,10)(H,11,12)/t6-/m1/s1. The Bertz CT molecular complexity index is 170. The minimum Gasteiger partial charge on any atom is -0.548 e. The number of hydrogen-bond acceptors (Lipinski definition) is 3. The van der Waals surface area contributed by atoms with Crippen LogP contribution in [-0.4, -0.2) is 24.5 Å². The summed E-state index contributed by atoms with van der Waals surface area (Å²) < 4.78 is 0. The summed E-state index contributed by atoms with van der Waals surface area (Å²) >= 11 is 0. The smallest absolute Gasteiger partial charge is 0.217 e. The molecule has 0 aliphatic carbocycles. The van der Waals surface area contributed by atoms with Gasteiger partial charge in [0.05, 0.1) is 18.6 Å². The molecule has 0 spiro atoms. The van der Waals surface area contributed by atoms with Crippen LogP contribution in [-0.2, 0) is 9.59 Å². The predicted octanol–water partition coefficient (Wildman–Crippen LogP) is -2.74. The van der Waals surface area contributed by atoms with E-state index in [1.165, 1.54) is 6.92 Å². The zero-order valence-corrected chi connectivity index (χ0v) is 7.13. The molecule has 0 bridgehead atoms. The second-order valence-corrected chi connectivity index (χ2v) is 2.57. The summed E-state index contributed by atoms with van der Waals surface area (Å²) in [7, 11) is 0. The van der Waals surface area contributed by atoms with Crippen LogP contribution in [0.4, 0.5) is 0 Å². The van der Waals surface area contributed by atoms with Crippen molar-refractivity contribution in [2.45, 2.75) is 25.8 Å². The second-order valence-electron chi connectivity index (χ2n) is 2.57. The third-order valence-corrected chi connectivity index (χ3v) is 1.40. The maximum atomic E-state index is 10.5. The van der Waals surface area contributed by atoms with Crippen LogP contribution >= 0.6 is 0 Å². The highest BCUT2D eigenvalue weighted by molar-refractivity contribution is 5.80. The Morgan fingerprint density at radius 2 is 2.17 bits per heavy atom. The zero-order chi connectivity index (χ0) is 9.56. The quantitative estimate of drug-likeness (QED) is 0.473. The van der Waals surface area contributed by atoms with E-state index in [2.05, 4.69) is 11.1 Å². The van der Waals surface area contributed by atoms with E-state index in [1.807, 2.05) is 0 Å². The Morgan fingerprint density at radius 1 is 1.58 bits per heavy atom. The number of nitrogens with one attached hydrogen (secondary N) is 1. The molecule has 0 aliphatic heterocycles. The van der Waals surface area contributed by atoms with Gasteiger partial charge in [0.25, 0.3) is 0 Å². The molecule has 1 amide bonds. The molecule has 0 radical (unpaired) electrons. The first kappa shape index (κ1) is 10.9. The summed E-state index contributed by atoms with van der Waals surface area (Å²) in [5.41, 5.74) is 3.57. The van der Waals surface area contributed by atoms with Crippen molar-refractivity contribution < 1.29 is 20.4 Å². The second kappa shape index (κ2) is 5.54. The molecule has 0 heterocycles. The lowest BCUT2D eigenvalue weighted by atomic mass is 10.1. The van der Waals surface area contributed by atoms with Gasteiger partial charge in [0.2, 0.25) is 5.91 Å². The highest BCUT2D eigenvalue weighted by atomic mass is 16.4. The minimum atomic E-state index is -1.24. The van der Waals surface area contributed by atoms with Crippen molar-refractivity contribution in [2.24, 2.45) is 0 Å². The van der Waals surface area contributed by atoms with E-state index in [1.54, 1.807) is 0 Å². The molecule has 5 heteroatoms. The van der Waals surface area contributed by atoms with Crippen LogP contribution < -0.4 is 16.2 Å². The number of carbonyl (C=O) groups is 2. The molecular formula is C7H14N2O3. The monoisotopic (exact) mass is 174 g/mol. The zero-order valence-electron chi connectivity index (χ0n) is 7.13. The summed E-state index contributed by atoms with van der Waals surface area (Å²) in [6.07, 6.45) is 1.05. The van der Waals surface area contributed by atoms with Gasteiger partial charge in [-0.25, -0.2) is 0 Å². The van der Waals surface area contributed by atoms with Gasteiger partial charge in [-0.15, -0.1) is 0 Å². The molecule has 0 saturated heterocycles. The highest BCUT2D eigenvalue weighted by Gasteiger charge is 2.09. The van der Waals surface area contributed by atoms with Crippen LogP contribution in [0.2, 0.25) is 0 Å². The van der Waals surface area contributed by atoms with Crippen LogP contribution in [0.25, 0.3) is 0 Å². The molecule has 1 atom stereocenters. The van der Waals surface area contributed by atoms with Crippen molar-refractivity contribution in [3.05, 3.63) is 0 Å². The molecule has 0 aliphatic rings. The molecule has 70 valence electrons. The molecule has 5 nitrogen and oxygen atoms in total. The van der Waals surface area contributed by atoms with E-state index in [0.29, 0.717) is 19.4 Å². The Kier molecular flexibility index (Phi) is 5.03. The number of rotatable bonds is 5. The lowest BCUT2D eigenvalue weighted by Crippen LogP contribution is -2.52. The molecule has 12 heavy (non-hydrogen) atoms. The van der Waals surface area contributed by atoms with Gasteiger partial charge < -0.3 is 21.0 Å². The molecule has 0 aromatic heterocycles. The molecule has 0 saturated carbocycles. The third-order valence-electron chi connectivity index (χ3n) is 1.40. The van der Waals surface area contributed by atoms with Crippen molar-refractivity contribution in [1.29, 1.82) is 0 Å². The fourth-order valence-corrected chi connectivity index (χ4v) is 0.843. The van der Waals surface area contributed by atoms with Gasteiger partial charge in [0.15, 0.2) is 0 Å². The van der Waals surface area contributed by atoms with E-state index in [4.69, 9.17) is 0 Å². The molecular weight excluding hydrogens is 160 g/mol. The molecule has 0 aromatic carbocycles. The van der Waals surface area contributed by atoms with Gasteiger partial charge in [-0.2, -0.15) is 0 Å². The summed E-state index contributed by atoms with van der Waals surface area (Å²) in [6, 6.07) is -0.871. The lowest BCUT2D eigenvalue weighted by Gasteiger charge is -2.17. The van der Waals surface area contributed by atoms with Crippen LogP contribution in [0.15, 0.2) is 0 Å². The van der Waals surface area contributed by atoms with Crippen LogP contribution in [0.3, 0.4) is 0 Å². The first-order chi connectivity index (χ1) is 5.57. The molecule has 0 aromatic rings. The minimum absolute atomic E-state index is 0.353. The number of quaternary nitrogens is 1. The fraction of sp³-hybridized carbons (Fsp3) is 0.714. The van der Waals surface area contributed by atoms with Gasteiger partial charge in [0.1, 0.15) is 0 Å². The number of carboxylic acid groups (broad SMARTS) is 1. The number of amides is 1. The first-order valence-electron chi connectivity index (χ1n) is 3.85. The number of aliphatic carboxylic acids is 1. The van der Waals surface area contributed by atoms with E-state index >= 15 is 0 Å². The summed E-state index contributed by atoms with van der Waals surface area (Å²) in [5, 5.41) is 12.7. The maximum absolute atomic E-state index is 10.5. The number of carboxylic acids is 1. The molecule has 0 fully saturated rings. The normalized spacial score (nSPS) is 12.2. The fourth-order valence-electron chi connectivity index (χ4n) is 0.843. The Morgan fingerprint density at radius 3 is 2.50 bits per heavy atom. The third kappa shape index (κ3) is 4.68. The molecule has 0 unspecified atom stereocenters. The summed E-state index contributed by atoms with van der Waals surface area (Å²) in [6.45, 7) is 1.93. The van der Waals surface area contributed by atoms with Crippen molar-refractivity contribution in [2.75, 3.05) is 6.54 Å². The lowest BCUT2D eigenvalue weighted by molar-refractivity contribution is -0.368. The van der Waals surface area contributed by atoms with Gasteiger partial charge >= 0.3 is 0 Å². The van der Waals surface area contributed by atoms with Crippen molar-refractivity contribution in [1.82, 2.24) is 5.32 Å². The topological polar surface area (TPSA) is 96.9 Å². The molecule has 0 rings (SSSR count).